The Hall–Kier alpha value is -0.580. The summed E-state index contributed by atoms with van der Waals surface area (Å²) >= 11 is 2.26. The van der Waals surface area contributed by atoms with Crippen LogP contribution in [0, 0.1) is 8.99 Å². The molecule has 100 valence electrons. The van der Waals surface area contributed by atoms with E-state index in [4.69, 9.17) is 4.74 Å². The van der Waals surface area contributed by atoms with Crippen molar-refractivity contribution >= 4 is 28.6 Å². The molecule has 0 aliphatic carbocycles. The highest BCUT2D eigenvalue weighted by Crippen LogP contribution is 2.31. The van der Waals surface area contributed by atoms with Crippen LogP contribution in [0.4, 0.5) is 0 Å². The zero-order chi connectivity index (χ0) is 14.0. The number of carbonyl (C=O) groups excluding carboxylic acids is 1. The van der Waals surface area contributed by atoms with Crippen molar-refractivity contribution in [2.24, 2.45) is 5.41 Å². The van der Waals surface area contributed by atoms with Crippen molar-refractivity contribution in [1.82, 2.24) is 0 Å². The van der Waals surface area contributed by atoms with Crippen molar-refractivity contribution in [3.63, 3.8) is 0 Å². The molecule has 1 rings (SSSR count). The smallest absolute Gasteiger partial charge is 0.312 e. The Morgan fingerprint density at radius 3 is 2.39 bits per heavy atom. The number of hydrogen-bond donors (Lipinski definition) is 0. The van der Waals surface area contributed by atoms with Crippen molar-refractivity contribution in [2.45, 2.75) is 46.6 Å². The summed E-state index contributed by atoms with van der Waals surface area (Å²) in [4.78, 5) is 12.1. The molecule has 0 aliphatic rings. The van der Waals surface area contributed by atoms with Crippen LogP contribution in [0.5, 0.6) is 0 Å². The maximum Gasteiger partial charge on any atom is 0.312 e. The molecule has 0 N–H and O–H groups in total. The Bertz CT molecular complexity index is 436. The summed E-state index contributed by atoms with van der Waals surface area (Å²) in [5.41, 5.74) is -0.00107. The first kappa shape index (κ1) is 15.5. The number of rotatable bonds is 4. The third-order valence-electron chi connectivity index (χ3n) is 3.30. The second-order valence-electron chi connectivity index (χ2n) is 5.65. The molecule has 0 spiro atoms. The van der Waals surface area contributed by atoms with Gasteiger partial charge in [-0.15, -0.1) is 0 Å². The highest BCUT2D eigenvalue weighted by Gasteiger charge is 2.33. The molecule has 0 radical (unpaired) electrons. The lowest BCUT2D eigenvalue weighted by molar-refractivity contribution is -0.168. The van der Waals surface area contributed by atoms with Crippen LogP contribution < -0.4 is 0 Å². The van der Waals surface area contributed by atoms with Crippen LogP contribution in [-0.2, 0) is 15.1 Å². The summed E-state index contributed by atoms with van der Waals surface area (Å²) < 4.78 is 6.83. The van der Waals surface area contributed by atoms with Crippen LogP contribution in [0.15, 0.2) is 24.3 Å². The van der Waals surface area contributed by atoms with Gasteiger partial charge in [-0.2, -0.15) is 0 Å². The predicted molar refractivity (Wildman–Crippen MR) is 82.3 cm³/mol. The fraction of sp³-hybridized carbons (Fsp3) is 0.533. The number of halogens is 1. The monoisotopic (exact) mass is 360 g/mol. The van der Waals surface area contributed by atoms with Crippen molar-refractivity contribution < 1.29 is 9.53 Å². The fourth-order valence-corrected chi connectivity index (χ4v) is 1.98. The summed E-state index contributed by atoms with van der Waals surface area (Å²) in [5, 5.41) is 0. The summed E-state index contributed by atoms with van der Waals surface area (Å²) in [5.74, 6) is -0.145. The molecule has 0 bridgehead atoms. The van der Waals surface area contributed by atoms with Gasteiger partial charge in [-0.1, -0.05) is 19.1 Å². The van der Waals surface area contributed by atoms with E-state index >= 15 is 0 Å². The number of esters is 1. The number of hydrogen-bond acceptors (Lipinski definition) is 2. The zero-order valence-electron chi connectivity index (χ0n) is 11.7. The second kappa shape index (κ2) is 5.59. The molecule has 1 aromatic carbocycles. The van der Waals surface area contributed by atoms with E-state index < -0.39 is 11.0 Å². The molecule has 0 heterocycles. The SMILES string of the molecule is CCC(C)(C)C(=O)OC(C)(C)c1cccc(I)c1. The van der Waals surface area contributed by atoms with Crippen molar-refractivity contribution in [3.8, 4) is 0 Å². The maximum absolute atomic E-state index is 12.1. The van der Waals surface area contributed by atoms with Crippen LogP contribution in [0.2, 0.25) is 0 Å². The Morgan fingerprint density at radius 2 is 1.89 bits per heavy atom. The van der Waals surface area contributed by atoms with Gasteiger partial charge in [-0.3, -0.25) is 4.79 Å². The van der Waals surface area contributed by atoms with Gasteiger partial charge in [0.1, 0.15) is 5.60 Å². The van der Waals surface area contributed by atoms with E-state index in [1.54, 1.807) is 0 Å². The standard InChI is InChI=1S/C15H21IO2/c1-6-14(2,3)13(17)18-15(4,5)11-8-7-9-12(16)10-11/h7-10H,6H2,1-5H3. The Morgan fingerprint density at radius 1 is 1.28 bits per heavy atom. The van der Waals surface area contributed by atoms with E-state index in [0.29, 0.717) is 0 Å². The Labute approximate surface area is 123 Å². The molecule has 0 atom stereocenters. The molecular formula is C15H21IO2. The zero-order valence-corrected chi connectivity index (χ0v) is 13.9. The maximum atomic E-state index is 12.1. The molecule has 0 unspecified atom stereocenters. The minimum absolute atomic E-state index is 0.145. The van der Waals surface area contributed by atoms with E-state index in [1.165, 1.54) is 0 Å². The Kier molecular flexibility index (Phi) is 4.81. The van der Waals surface area contributed by atoms with Crippen LogP contribution in [0.3, 0.4) is 0 Å². The van der Waals surface area contributed by atoms with Gasteiger partial charge in [-0.25, -0.2) is 0 Å². The third-order valence-corrected chi connectivity index (χ3v) is 3.98. The van der Waals surface area contributed by atoms with Crippen molar-refractivity contribution in [3.05, 3.63) is 33.4 Å². The van der Waals surface area contributed by atoms with E-state index in [2.05, 4.69) is 22.6 Å². The van der Waals surface area contributed by atoms with Gasteiger partial charge in [0, 0.05) is 3.57 Å². The summed E-state index contributed by atoms with van der Waals surface area (Å²) in [6.45, 7) is 9.70. The highest BCUT2D eigenvalue weighted by molar-refractivity contribution is 14.1. The Balaban J connectivity index is 2.92. The molecule has 0 saturated heterocycles. The van der Waals surface area contributed by atoms with Crippen LogP contribution in [0.1, 0.15) is 46.6 Å². The molecule has 3 heteroatoms. The normalized spacial score (nSPS) is 12.3. The lowest BCUT2D eigenvalue weighted by Crippen LogP contribution is -2.33. The summed E-state index contributed by atoms with van der Waals surface area (Å²) in [6, 6.07) is 8.05. The molecule has 0 fully saturated rings. The third kappa shape index (κ3) is 3.70. The van der Waals surface area contributed by atoms with Gasteiger partial charge >= 0.3 is 5.97 Å². The minimum atomic E-state index is -0.593. The molecule has 0 aliphatic heterocycles. The average Bonchev–Trinajstić information content (AvgIpc) is 2.28. The average molecular weight is 360 g/mol. The molecule has 0 amide bonds. The molecule has 0 aromatic heterocycles. The van der Waals surface area contributed by atoms with Gasteiger partial charge in [0.15, 0.2) is 0 Å². The van der Waals surface area contributed by atoms with E-state index in [-0.39, 0.29) is 5.97 Å². The van der Waals surface area contributed by atoms with Gasteiger partial charge < -0.3 is 4.74 Å². The topological polar surface area (TPSA) is 26.3 Å². The van der Waals surface area contributed by atoms with Crippen LogP contribution in [0.25, 0.3) is 0 Å². The molecule has 18 heavy (non-hydrogen) atoms. The highest BCUT2D eigenvalue weighted by atomic mass is 127. The van der Waals surface area contributed by atoms with E-state index in [0.717, 1.165) is 15.6 Å². The molecule has 2 nitrogen and oxygen atoms in total. The summed E-state index contributed by atoms with van der Waals surface area (Å²) in [6.07, 6.45) is 0.772. The molecular weight excluding hydrogens is 339 g/mol. The van der Waals surface area contributed by atoms with Gasteiger partial charge in [0.05, 0.1) is 5.41 Å². The minimum Gasteiger partial charge on any atom is -0.454 e. The predicted octanol–water partition coefficient (Wildman–Crippen LogP) is 4.51. The summed E-state index contributed by atoms with van der Waals surface area (Å²) in [7, 11) is 0. The lowest BCUT2D eigenvalue weighted by atomic mass is 9.89. The number of benzene rings is 1. The lowest BCUT2D eigenvalue weighted by Gasteiger charge is -2.30. The molecule has 0 saturated carbocycles. The van der Waals surface area contributed by atoms with E-state index in [1.807, 2.05) is 58.9 Å². The molecule has 1 aromatic rings. The van der Waals surface area contributed by atoms with E-state index in [9.17, 15) is 4.79 Å². The van der Waals surface area contributed by atoms with Gasteiger partial charge in [-0.05, 0) is 74.4 Å². The van der Waals surface area contributed by atoms with Crippen molar-refractivity contribution in [2.75, 3.05) is 0 Å². The van der Waals surface area contributed by atoms with Crippen LogP contribution >= 0.6 is 22.6 Å². The van der Waals surface area contributed by atoms with Gasteiger partial charge in [0.25, 0.3) is 0 Å². The van der Waals surface area contributed by atoms with Gasteiger partial charge in [0.2, 0.25) is 0 Å². The van der Waals surface area contributed by atoms with Crippen molar-refractivity contribution in [1.29, 1.82) is 0 Å². The second-order valence-corrected chi connectivity index (χ2v) is 6.89. The first-order valence-electron chi connectivity index (χ1n) is 6.18. The first-order chi connectivity index (χ1) is 8.19. The van der Waals surface area contributed by atoms with Crippen LogP contribution in [-0.4, -0.2) is 5.97 Å². The largest absolute Gasteiger partial charge is 0.454 e. The number of carbonyl (C=O) groups is 1. The first-order valence-corrected chi connectivity index (χ1v) is 7.26. The number of ether oxygens (including phenoxy) is 1. The quantitative estimate of drug-likeness (QED) is 0.584. The fourth-order valence-electron chi connectivity index (χ4n) is 1.44.